The summed E-state index contributed by atoms with van der Waals surface area (Å²) in [6.07, 6.45) is 1.11. The third-order valence-corrected chi connectivity index (χ3v) is 4.72. The summed E-state index contributed by atoms with van der Waals surface area (Å²) in [6.45, 7) is 2.74. The fourth-order valence-corrected chi connectivity index (χ4v) is 3.51. The van der Waals surface area contributed by atoms with Crippen LogP contribution in [0, 0.1) is 11.8 Å². The van der Waals surface area contributed by atoms with E-state index >= 15 is 0 Å². The Morgan fingerprint density at radius 3 is 2.63 bits per heavy atom. The summed E-state index contributed by atoms with van der Waals surface area (Å²) in [5.41, 5.74) is 9.79. The fraction of sp³-hybridized carbons (Fsp3) is 0.200. The number of sulfonamides is 1. The molecule has 7 heteroatoms. The van der Waals surface area contributed by atoms with Gasteiger partial charge in [0.15, 0.2) is 0 Å². The predicted molar refractivity (Wildman–Crippen MR) is 109 cm³/mol. The van der Waals surface area contributed by atoms with Crippen LogP contribution in [0.2, 0.25) is 0 Å². The lowest BCUT2D eigenvalue weighted by Crippen LogP contribution is -2.09. The van der Waals surface area contributed by atoms with Crippen LogP contribution >= 0.6 is 0 Å². The third kappa shape index (κ3) is 4.01. The molecular weight excluding hydrogens is 362 g/mol. The zero-order chi connectivity index (χ0) is 19.6. The van der Waals surface area contributed by atoms with Crippen LogP contribution in [0.15, 0.2) is 42.5 Å². The van der Waals surface area contributed by atoms with E-state index in [0.717, 1.165) is 28.6 Å². The van der Waals surface area contributed by atoms with Gasteiger partial charge in [-0.3, -0.25) is 4.72 Å². The standard InChI is InChI=1S/C20H21N3O3S/c1-4-23-18(20(21)17-10-9-16(26-2)13-19(17)23)11-8-14-6-5-7-15(12-14)22-27(3,24)25/h5-7,9-10,12-13,22H,4,21H2,1-3H3. The number of nitrogens with one attached hydrogen (secondary N) is 1. The van der Waals surface area contributed by atoms with Crippen molar-refractivity contribution in [1.29, 1.82) is 0 Å². The first kappa shape index (κ1) is 18.7. The van der Waals surface area contributed by atoms with Gasteiger partial charge in [0, 0.05) is 29.2 Å². The smallest absolute Gasteiger partial charge is 0.229 e. The number of nitrogen functional groups attached to an aromatic ring is 1. The number of methoxy groups -OCH3 is 1. The van der Waals surface area contributed by atoms with Crippen molar-refractivity contribution >= 4 is 32.3 Å². The van der Waals surface area contributed by atoms with E-state index in [2.05, 4.69) is 16.6 Å². The minimum Gasteiger partial charge on any atom is -0.497 e. The Labute approximate surface area is 159 Å². The maximum Gasteiger partial charge on any atom is 0.229 e. The molecular formula is C20H21N3O3S. The number of anilines is 2. The number of benzene rings is 2. The summed E-state index contributed by atoms with van der Waals surface area (Å²) in [6, 6.07) is 12.7. The number of hydrogen-bond donors (Lipinski definition) is 2. The van der Waals surface area contributed by atoms with E-state index < -0.39 is 10.0 Å². The molecule has 0 fully saturated rings. The number of aryl methyl sites for hydroxylation is 1. The van der Waals surface area contributed by atoms with E-state index in [4.69, 9.17) is 10.5 Å². The van der Waals surface area contributed by atoms with Crippen molar-refractivity contribution in [2.24, 2.45) is 0 Å². The van der Waals surface area contributed by atoms with Gasteiger partial charge in [0.05, 0.1) is 24.6 Å². The first-order valence-corrected chi connectivity index (χ1v) is 10.3. The molecule has 0 atom stereocenters. The Kier molecular flexibility index (Phi) is 5.02. The molecule has 2 aromatic carbocycles. The van der Waals surface area contributed by atoms with Gasteiger partial charge in [-0.1, -0.05) is 12.0 Å². The normalized spacial score (nSPS) is 11.1. The second-order valence-corrected chi connectivity index (χ2v) is 7.84. The van der Waals surface area contributed by atoms with Crippen LogP contribution in [0.1, 0.15) is 18.2 Å². The Morgan fingerprint density at radius 2 is 1.96 bits per heavy atom. The highest BCUT2D eigenvalue weighted by molar-refractivity contribution is 7.92. The zero-order valence-corrected chi connectivity index (χ0v) is 16.2. The van der Waals surface area contributed by atoms with Gasteiger partial charge in [0.2, 0.25) is 10.0 Å². The number of nitrogens with zero attached hydrogens (tertiary/aromatic N) is 1. The number of ether oxygens (including phenoxy) is 1. The van der Waals surface area contributed by atoms with E-state index in [0.29, 0.717) is 23.5 Å². The van der Waals surface area contributed by atoms with Crippen molar-refractivity contribution in [2.75, 3.05) is 23.8 Å². The highest BCUT2D eigenvalue weighted by Crippen LogP contribution is 2.31. The topological polar surface area (TPSA) is 86.4 Å². The van der Waals surface area contributed by atoms with E-state index in [-0.39, 0.29) is 0 Å². The molecule has 1 aromatic heterocycles. The molecule has 6 nitrogen and oxygen atoms in total. The maximum absolute atomic E-state index is 11.4. The van der Waals surface area contributed by atoms with Gasteiger partial charge in [-0.25, -0.2) is 8.42 Å². The van der Waals surface area contributed by atoms with Crippen LogP contribution in [0.5, 0.6) is 5.75 Å². The molecule has 3 rings (SSSR count). The number of aromatic nitrogens is 1. The van der Waals surface area contributed by atoms with Crippen LogP contribution < -0.4 is 15.2 Å². The lowest BCUT2D eigenvalue weighted by Gasteiger charge is -2.05. The maximum atomic E-state index is 11.4. The fourth-order valence-electron chi connectivity index (χ4n) is 2.95. The SMILES string of the molecule is CCn1c(C#Cc2cccc(NS(C)(=O)=O)c2)c(N)c2ccc(OC)cc21. The van der Waals surface area contributed by atoms with Crippen molar-refractivity contribution < 1.29 is 13.2 Å². The molecule has 0 saturated heterocycles. The van der Waals surface area contributed by atoms with Gasteiger partial charge in [-0.15, -0.1) is 0 Å². The first-order valence-electron chi connectivity index (χ1n) is 8.38. The molecule has 0 aliphatic rings. The van der Waals surface area contributed by atoms with Crippen LogP contribution in [-0.4, -0.2) is 26.4 Å². The molecule has 0 aliphatic heterocycles. The summed E-state index contributed by atoms with van der Waals surface area (Å²) >= 11 is 0. The number of rotatable bonds is 4. The lowest BCUT2D eigenvalue weighted by molar-refractivity contribution is 0.415. The molecule has 140 valence electrons. The van der Waals surface area contributed by atoms with E-state index in [9.17, 15) is 8.42 Å². The molecule has 3 N–H and O–H groups in total. The van der Waals surface area contributed by atoms with E-state index in [1.807, 2.05) is 35.8 Å². The van der Waals surface area contributed by atoms with Gasteiger partial charge < -0.3 is 15.0 Å². The van der Waals surface area contributed by atoms with Gasteiger partial charge in [0.1, 0.15) is 11.4 Å². The summed E-state index contributed by atoms with van der Waals surface area (Å²) < 4.78 is 32.6. The van der Waals surface area contributed by atoms with Gasteiger partial charge >= 0.3 is 0 Å². The van der Waals surface area contributed by atoms with Crippen LogP contribution in [0.25, 0.3) is 10.9 Å². The Balaban J connectivity index is 2.06. The first-order chi connectivity index (χ1) is 12.8. The van der Waals surface area contributed by atoms with Crippen molar-refractivity contribution in [2.45, 2.75) is 13.5 Å². The second-order valence-electron chi connectivity index (χ2n) is 6.09. The quantitative estimate of drug-likeness (QED) is 0.678. The van der Waals surface area contributed by atoms with Gasteiger partial charge in [-0.2, -0.15) is 0 Å². The Morgan fingerprint density at radius 1 is 1.19 bits per heavy atom. The summed E-state index contributed by atoms with van der Waals surface area (Å²) in [5.74, 6) is 6.97. The average molecular weight is 383 g/mol. The number of fused-ring (bicyclic) bond motifs is 1. The molecule has 27 heavy (non-hydrogen) atoms. The largest absolute Gasteiger partial charge is 0.497 e. The van der Waals surface area contributed by atoms with Crippen LogP contribution in [0.3, 0.4) is 0 Å². The lowest BCUT2D eigenvalue weighted by atomic mass is 10.2. The molecule has 0 amide bonds. The minimum absolute atomic E-state index is 0.470. The summed E-state index contributed by atoms with van der Waals surface area (Å²) in [4.78, 5) is 0. The highest BCUT2D eigenvalue weighted by atomic mass is 32.2. The van der Waals surface area contributed by atoms with Crippen molar-refractivity contribution in [1.82, 2.24) is 4.57 Å². The summed E-state index contributed by atoms with van der Waals surface area (Å²) in [7, 11) is -1.71. The molecule has 0 aliphatic carbocycles. The van der Waals surface area contributed by atoms with Crippen molar-refractivity contribution in [3.05, 3.63) is 53.7 Å². The molecule has 0 unspecified atom stereocenters. The number of nitrogens with two attached hydrogens (primary N) is 1. The van der Waals surface area contributed by atoms with Crippen LogP contribution in [-0.2, 0) is 16.6 Å². The molecule has 0 radical (unpaired) electrons. The molecule has 0 saturated carbocycles. The average Bonchev–Trinajstić information content (AvgIpc) is 2.89. The number of hydrogen-bond acceptors (Lipinski definition) is 4. The minimum atomic E-state index is -3.34. The Hall–Kier alpha value is -3.11. The van der Waals surface area contributed by atoms with E-state index in [1.165, 1.54) is 0 Å². The monoisotopic (exact) mass is 383 g/mol. The van der Waals surface area contributed by atoms with Gasteiger partial charge in [-0.05, 0) is 43.2 Å². The highest BCUT2D eigenvalue weighted by Gasteiger charge is 2.13. The van der Waals surface area contributed by atoms with E-state index in [1.54, 1.807) is 25.3 Å². The Bertz CT molecular complexity index is 1170. The van der Waals surface area contributed by atoms with Crippen molar-refractivity contribution in [3.63, 3.8) is 0 Å². The van der Waals surface area contributed by atoms with Crippen molar-refractivity contribution in [3.8, 4) is 17.6 Å². The zero-order valence-electron chi connectivity index (χ0n) is 15.4. The molecule has 1 heterocycles. The summed E-state index contributed by atoms with van der Waals surface area (Å²) in [5, 5.41) is 0.925. The molecule has 0 spiro atoms. The molecule has 0 bridgehead atoms. The molecule has 3 aromatic rings. The van der Waals surface area contributed by atoms with Crippen LogP contribution in [0.4, 0.5) is 11.4 Å². The predicted octanol–water partition coefficient (Wildman–Crippen LogP) is 3.02. The van der Waals surface area contributed by atoms with Gasteiger partial charge in [0.25, 0.3) is 0 Å². The third-order valence-electron chi connectivity index (χ3n) is 4.12. The second kappa shape index (κ2) is 7.25.